The maximum absolute atomic E-state index is 10.1. The van der Waals surface area contributed by atoms with Crippen LogP contribution in [0.5, 0.6) is 0 Å². The summed E-state index contributed by atoms with van der Waals surface area (Å²) in [6.07, 6.45) is 5.28. The molecule has 1 aliphatic rings. The fourth-order valence-electron chi connectivity index (χ4n) is 1.79. The number of nitrogens with zero attached hydrogens (tertiary/aromatic N) is 1. The first-order valence-electron chi connectivity index (χ1n) is 6.07. The highest BCUT2D eigenvalue weighted by Gasteiger charge is 2.29. The normalized spacial score (nSPS) is 21.2. The SMILES string of the molecule is CC.CCCCC1(O)CCN(C)CC1. The molecule has 2 heteroatoms. The fourth-order valence-corrected chi connectivity index (χ4v) is 1.79. The van der Waals surface area contributed by atoms with Crippen molar-refractivity contribution in [3.8, 4) is 0 Å². The fraction of sp³-hybridized carbons (Fsp3) is 1.00. The number of piperidine rings is 1. The molecule has 1 rings (SSSR count). The Hall–Kier alpha value is -0.0800. The standard InChI is InChI=1S/C10H21NO.C2H6/c1-3-4-5-10(12)6-8-11(2)9-7-10;1-2/h12H,3-9H2,1-2H3;1-2H3. The Labute approximate surface area is 89.3 Å². The molecule has 0 aliphatic carbocycles. The quantitative estimate of drug-likeness (QED) is 0.759. The molecule has 0 aromatic rings. The molecular formula is C12H27NO. The van der Waals surface area contributed by atoms with Gasteiger partial charge in [0.1, 0.15) is 0 Å². The first-order valence-corrected chi connectivity index (χ1v) is 6.07. The second-order valence-electron chi connectivity index (χ2n) is 4.13. The third-order valence-corrected chi connectivity index (χ3v) is 2.91. The van der Waals surface area contributed by atoms with Crippen molar-refractivity contribution in [1.29, 1.82) is 0 Å². The van der Waals surface area contributed by atoms with Crippen LogP contribution in [0.4, 0.5) is 0 Å². The summed E-state index contributed by atoms with van der Waals surface area (Å²) in [6.45, 7) is 8.29. The minimum Gasteiger partial charge on any atom is -0.390 e. The highest BCUT2D eigenvalue weighted by molar-refractivity contribution is 4.84. The third-order valence-electron chi connectivity index (χ3n) is 2.91. The molecule has 1 N–H and O–H groups in total. The molecule has 0 spiro atoms. The molecule has 0 amide bonds. The van der Waals surface area contributed by atoms with Gasteiger partial charge >= 0.3 is 0 Å². The summed E-state index contributed by atoms with van der Waals surface area (Å²) in [5.74, 6) is 0. The topological polar surface area (TPSA) is 23.5 Å². The molecule has 0 saturated carbocycles. The minimum atomic E-state index is -0.331. The van der Waals surface area contributed by atoms with E-state index in [-0.39, 0.29) is 5.60 Å². The van der Waals surface area contributed by atoms with Gasteiger partial charge in [0.15, 0.2) is 0 Å². The Morgan fingerprint density at radius 1 is 1.21 bits per heavy atom. The number of aliphatic hydroxyl groups is 1. The van der Waals surface area contributed by atoms with Crippen LogP contribution >= 0.6 is 0 Å². The lowest BCUT2D eigenvalue weighted by Crippen LogP contribution is -2.42. The summed E-state index contributed by atoms with van der Waals surface area (Å²) >= 11 is 0. The molecule has 0 radical (unpaired) electrons. The van der Waals surface area contributed by atoms with Crippen molar-refractivity contribution in [3.05, 3.63) is 0 Å². The molecule has 14 heavy (non-hydrogen) atoms. The molecule has 0 aromatic carbocycles. The molecule has 1 heterocycles. The predicted octanol–water partition coefficient (Wildman–Crippen LogP) is 2.66. The van der Waals surface area contributed by atoms with Crippen LogP contribution in [0.1, 0.15) is 52.9 Å². The first-order chi connectivity index (χ1) is 6.66. The zero-order valence-corrected chi connectivity index (χ0v) is 10.3. The van der Waals surface area contributed by atoms with Gasteiger partial charge in [-0.2, -0.15) is 0 Å². The molecule has 0 atom stereocenters. The summed E-state index contributed by atoms with van der Waals surface area (Å²) in [6, 6.07) is 0. The van der Waals surface area contributed by atoms with Crippen molar-refractivity contribution in [3.63, 3.8) is 0 Å². The van der Waals surface area contributed by atoms with Gasteiger partial charge in [-0.1, -0.05) is 33.6 Å². The Morgan fingerprint density at radius 3 is 2.14 bits per heavy atom. The van der Waals surface area contributed by atoms with E-state index in [4.69, 9.17) is 0 Å². The summed E-state index contributed by atoms with van der Waals surface area (Å²) in [5, 5.41) is 10.1. The van der Waals surface area contributed by atoms with Crippen molar-refractivity contribution >= 4 is 0 Å². The van der Waals surface area contributed by atoms with Crippen molar-refractivity contribution < 1.29 is 5.11 Å². The zero-order chi connectivity index (χ0) is 11.0. The number of unbranched alkanes of at least 4 members (excludes halogenated alkanes) is 1. The number of hydrogen-bond acceptors (Lipinski definition) is 2. The van der Waals surface area contributed by atoms with Gasteiger partial charge in [0.25, 0.3) is 0 Å². The van der Waals surface area contributed by atoms with Crippen molar-refractivity contribution in [1.82, 2.24) is 4.90 Å². The van der Waals surface area contributed by atoms with Gasteiger partial charge in [0.05, 0.1) is 5.60 Å². The Balaban J connectivity index is 0.000000791. The molecule has 0 unspecified atom stereocenters. The number of rotatable bonds is 3. The largest absolute Gasteiger partial charge is 0.390 e. The molecule has 0 aromatic heterocycles. The molecule has 0 bridgehead atoms. The summed E-state index contributed by atoms with van der Waals surface area (Å²) in [4.78, 5) is 2.29. The molecule has 1 aliphatic heterocycles. The smallest absolute Gasteiger partial charge is 0.0672 e. The van der Waals surface area contributed by atoms with Gasteiger partial charge in [0.2, 0.25) is 0 Å². The van der Waals surface area contributed by atoms with Crippen LogP contribution in [-0.2, 0) is 0 Å². The van der Waals surface area contributed by atoms with E-state index in [1.54, 1.807) is 0 Å². The van der Waals surface area contributed by atoms with Gasteiger partial charge in [0, 0.05) is 13.1 Å². The molecule has 86 valence electrons. The molecule has 2 nitrogen and oxygen atoms in total. The molecule has 1 saturated heterocycles. The van der Waals surface area contributed by atoms with Crippen LogP contribution in [0.3, 0.4) is 0 Å². The van der Waals surface area contributed by atoms with E-state index in [0.717, 1.165) is 32.4 Å². The van der Waals surface area contributed by atoms with Crippen LogP contribution < -0.4 is 0 Å². The summed E-state index contributed by atoms with van der Waals surface area (Å²) < 4.78 is 0. The summed E-state index contributed by atoms with van der Waals surface area (Å²) in [5.41, 5.74) is -0.331. The highest BCUT2D eigenvalue weighted by Crippen LogP contribution is 2.26. The van der Waals surface area contributed by atoms with Crippen LogP contribution in [0.25, 0.3) is 0 Å². The monoisotopic (exact) mass is 201 g/mol. The number of hydrogen-bond donors (Lipinski definition) is 1. The molecular weight excluding hydrogens is 174 g/mol. The average Bonchev–Trinajstić information content (AvgIpc) is 2.23. The maximum Gasteiger partial charge on any atom is 0.0672 e. The Bertz CT molecular complexity index is 123. The maximum atomic E-state index is 10.1. The Morgan fingerprint density at radius 2 is 1.71 bits per heavy atom. The van der Waals surface area contributed by atoms with Gasteiger partial charge in [-0.15, -0.1) is 0 Å². The van der Waals surface area contributed by atoms with Crippen LogP contribution in [0.2, 0.25) is 0 Å². The van der Waals surface area contributed by atoms with Crippen molar-refractivity contribution in [2.45, 2.75) is 58.5 Å². The van der Waals surface area contributed by atoms with Gasteiger partial charge in [-0.25, -0.2) is 0 Å². The lowest BCUT2D eigenvalue weighted by atomic mass is 9.87. The second kappa shape index (κ2) is 7.24. The predicted molar refractivity (Wildman–Crippen MR) is 62.6 cm³/mol. The van der Waals surface area contributed by atoms with E-state index < -0.39 is 0 Å². The van der Waals surface area contributed by atoms with E-state index in [2.05, 4.69) is 18.9 Å². The van der Waals surface area contributed by atoms with Crippen LogP contribution in [-0.4, -0.2) is 35.7 Å². The number of likely N-dealkylation sites (tertiary alicyclic amines) is 1. The summed E-state index contributed by atoms with van der Waals surface area (Å²) in [7, 11) is 2.12. The highest BCUT2D eigenvalue weighted by atomic mass is 16.3. The van der Waals surface area contributed by atoms with Gasteiger partial charge in [-0.05, 0) is 26.3 Å². The van der Waals surface area contributed by atoms with E-state index >= 15 is 0 Å². The lowest BCUT2D eigenvalue weighted by molar-refractivity contribution is -0.0237. The zero-order valence-electron chi connectivity index (χ0n) is 10.3. The first kappa shape index (κ1) is 13.9. The Kier molecular flexibility index (Phi) is 7.20. The lowest BCUT2D eigenvalue weighted by Gasteiger charge is -2.36. The van der Waals surface area contributed by atoms with E-state index in [1.807, 2.05) is 13.8 Å². The van der Waals surface area contributed by atoms with Crippen molar-refractivity contribution in [2.75, 3.05) is 20.1 Å². The second-order valence-corrected chi connectivity index (χ2v) is 4.13. The average molecular weight is 201 g/mol. The van der Waals surface area contributed by atoms with E-state index in [0.29, 0.717) is 0 Å². The minimum absolute atomic E-state index is 0.331. The van der Waals surface area contributed by atoms with Gasteiger partial charge < -0.3 is 10.0 Å². The van der Waals surface area contributed by atoms with Crippen LogP contribution in [0.15, 0.2) is 0 Å². The van der Waals surface area contributed by atoms with E-state index in [9.17, 15) is 5.11 Å². The molecule has 1 fully saturated rings. The van der Waals surface area contributed by atoms with E-state index in [1.165, 1.54) is 12.8 Å². The van der Waals surface area contributed by atoms with Crippen molar-refractivity contribution in [2.24, 2.45) is 0 Å². The van der Waals surface area contributed by atoms with Crippen LogP contribution in [0, 0.1) is 0 Å². The van der Waals surface area contributed by atoms with Gasteiger partial charge in [-0.3, -0.25) is 0 Å². The third kappa shape index (κ3) is 4.97.